The van der Waals surface area contributed by atoms with Crippen molar-refractivity contribution in [3.05, 3.63) is 23.8 Å². The maximum Gasteiger partial charge on any atom is 0.407 e. The van der Waals surface area contributed by atoms with Gasteiger partial charge in [-0.25, -0.2) is 14.8 Å². The molecule has 1 aromatic heterocycles. The Morgan fingerprint density at radius 1 is 1.53 bits per heavy atom. The molecule has 15 heavy (non-hydrogen) atoms. The fourth-order valence-corrected chi connectivity index (χ4v) is 1.76. The minimum atomic E-state index is -0.857. The maximum atomic E-state index is 10.7. The molecule has 0 radical (unpaired) electrons. The highest BCUT2D eigenvalue weighted by molar-refractivity contribution is 5.65. The van der Waals surface area contributed by atoms with Crippen LogP contribution in [0, 0.1) is 6.92 Å². The molecule has 1 fully saturated rings. The Bertz CT molecular complexity index is 363. The second kappa shape index (κ2) is 3.84. The van der Waals surface area contributed by atoms with Gasteiger partial charge < -0.3 is 10.0 Å². The van der Waals surface area contributed by atoms with Gasteiger partial charge in [0.15, 0.2) is 0 Å². The van der Waals surface area contributed by atoms with Gasteiger partial charge in [-0.2, -0.15) is 0 Å². The van der Waals surface area contributed by atoms with E-state index in [0.29, 0.717) is 13.1 Å². The summed E-state index contributed by atoms with van der Waals surface area (Å²) in [6.45, 7) is 3.03. The molecule has 80 valence electrons. The van der Waals surface area contributed by atoms with Crippen LogP contribution >= 0.6 is 0 Å². The first-order valence-corrected chi connectivity index (χ1v) is 4.93. The number of aryl methyl sites for hydroxylation is 1. The number of nitrogens with zero attached hydrogens (tertiary/aromatic N) is 3. The van der Waals surface area contributed by atoms with E-state index in [4.69, 9.17) is 5.11 Å². The van der Waals surface area contributed by atoms with E-state index in [9.17, 15) is 4.79 Å². The summed E-state index contributed by atoms with van der Waals surface area (Å²) in [6, 6.07) is 0. The van der Waals surface area contributed by atoms with Crippen LogP contribution in [0.1, 0.15) is 23.7 Å². The quantitative estimate of drug-likeness (QED) is 0.752. The molecule has 1 unspecified atom stereocenters. The Labute approximate surface area is 87.8 Å². The van der Waals surface area contributed by atoms with E-state index >= 15 is 0 Å². The third kappa shape index (κ3) is 2.06. The molecule has 0 saturated carbocycles. The Morgan fingerprint density at radius 2 is 2.20 bits per heavy atom. The second-order valence-electron chi connectivity index (χ2n) is 3.83. The zero-order valence-corrected chi connectivity index (χ0v) is 8.55. The van der Waals surface area contributed by atoms with Gasteiger partial charge in [0.25, 0.3) is 0 Å². The minimum Gasteiger partial charge on any atom is -0.465 e. The molecule has 1 N–H and O–H groups in total. The summed E-state index contributed by atoms with van der Waals surface area (Å²) >= 11 is 0. The third-order valence-electron chi connectivity index (χ3n) is 2.62. The van der Waals surface area contributed by atoms with Gasteiger partial charge in [0.05, 0.1) is 0 Å². The molecule has 0 spiro atoms. The summed E-state index contributed by atoms with van der Waals surface area (Å²) in [6.07, 6.45) is 3.50. The van der Waals surface area contributed by atoms with Crippen molar-refractivity contribution in [2.75, 3.05) is 13.1 Å². The van der Waals surface area contributed by atoms with Gasteiger partial charge in [-0.3, -0.25) is 0 Å². The lowest BCUT2D eigenvalue weighted by Gasteiger charge is -2.11. The smallest absolute Gasteiger partial charge is 0.407 e. The van der Waals surface area contributed by atoms with Crippen molar-refractivity contribution in [1.82, 2.24) is 14.9 Å². The van der Waals surface area contributed by atoms with Gasteiger partial charge in [-0.05, 0) is 18.9 Å². The van der Waals surface area contributed by atoms with E-state index in [1.165, 1.54) is 4.90 Å². The summed E-state index contributed by atoms with van der Waals surface area (Å²) in [5.41, 5.74) is 1.02. The molecule has 0 aromatic carbocycles. The Morgan fingerprint density at radius 3 is 2.73 bits per heavy atom. The number of carboxylic acid groups (broad SMARTS) is 1. The number of likely N-dealkylation sites (tertiary alicyclic amines) is 1. The fourth-order valence-electron chi connectivity index (χ4n) is 1.76. The lowest BCUT2D eigenvalue weighted by atomic mass is 10.1. The lowest BCUT2D eigenvalue weighted by molar-refractivity contribution is 0.155. The molecule has 1 saturated heterocycles. The van der Waals surface area contributed by atoms with Crippen LogP contribution in [0.15, 0.2) is 12.4 Å². The normalized spacial score (nSPS) is 20.6. The largest absolute Gasteiger partial charge is 0.465 e. The third-order valence-corrected chi connectivity index (χ3v) is 2.62. The molecule has 5 nitrogen and oxygen atoms in total. The standard InChI is InChI=1S/C10H13N3O2/c1-7-4-11-9(12-5-7)8-2-3-13(6-8)10(14)15/h4-5,8H,2-3,6H2,1H3,(H,14,15). The first-order valence-electron chi connectivity index (χ1n) is 4.93. The topological polar surface area (TPSA) is 66.3 Å². The van der Waals surface area contributed by atoms with Crippen molar-refractivity contribution < 1.29 is 9.90 Å². The van der Waals surface area contributed by atoms with Crippen molar-refractivity contribution in [1.29, 1.82) is 0 Å². The van der Waals surface area contributed by atoms with E-state index < -0.39 is 6.09 Å². The summed E-state index contributed by atoms with van der Waals surface area (Å²) in [4.78, 5) is 20.6. The van der Waals surface area contributed by atoms with Crippen molar-refractivity contribution in [2.45, 2.75) is 19.3 Å². The van der Waals surface area contributed by atoms with Crippen LogP contribution in [-0.2, 0) is 0 Å². The van der Waals surface area contributed by atoms with E-state index in [2.05, 4.69) is 9.97 Å². The summed E-state index contributed by atoms with van der Waals surface area (Å²) in [7, 11) is 0. The van der Waals surface area contributed by atoms with Crippen LogP contribution < -0.4 is 0 Å². The van der Waals surface area contributed by atoms with Crippen LogP contribution in [0.2, 0.25) is 0 Å². The molecule has 1 aliphatic heterocycles. The van der Waals surface area contributed by atoms with Crippen molar-refractivity contribution in [3.8, 4) is 0 Å². The molecule has 1 amide bonds. The van der Waals surface area contributed by atoms with Crippen LogP contribution in [0.4, 0.5) is 4.79 Å². The van der Waals surface area contributed by atoms with Gasteiger partial charge in [0.1, 0.15) is 5.82 Å². The van der Waals surface area contributed by atoms with Gasteiger partial charge in [-0.15, -0.1) is 0 Å². The summed E-state index contributed by atoms with van der Waals surface area (Å²) in [5.74, 6) is 0.908. The Balaban J connectivity index is 2.07. The van der Waals surface area contributed by atoms with Crippen molar-refractivity contribution in [2.24, 2.45) is 0 Å². The average Bonchev–Trinajstić information content (AvgIpc) is 2.68. The van der Waals surface area contributed by atoms with Crippen molar-refractivity contribution in [3.63, 3.8) is 0 Å². The fraction of sp³-hybridized carbons (Fsp3) is 0.500. The van der Waals surface area contributed by atoms with Crippen molar-refractivity contribution >= 4 is 6.09 Å². The van der Waals surface area contributed by atoms with Gasteiger partial charge in [0, 0.05) is 31.4 Å². The van der Waals surface area contributed by atoms with Crippen LogP contribution in [0.3, 0.4) is 0 Å². The van der Waals surface area contributed by atoms with Crippen LogP contribution in [0.25, 0.3) is 0 Å². The van der Waals surface area contributed by atoms with Gasteiger partial charge >= 0.3 is 6.09 Å². The molecule has 1 atom stereocenters. The number of aromatic nitrogens is 2. The zero-order chi connectivity index (χ0) is 10.8. The predicted octanol–water partition coefficient (Wildman–Crippen LogP) is 1.25. The molecule has 2 rings (SSSR count). The Hall–Kier alpha value is -1.65. The first-order chi connectivity index (χ1) is 7.16. The number of hydrogen-bond donors (Lipinski definition) is 1. The summed E-state index contributed by atoms with van der Waals surface area (Å²) < 4.78 is 0. The predicted molar refractivity (Wildman–Crippen MR) is 53.7 cm³/mol. The maximum absolute atomic E-state index is 10.7. The number of amides is 1. The molecule has 5 heteroatoms. The van der Waals surface area contributed by atoms with E-state index in [1.54, 1.807) is 12.4 Å². The molecular weight excluding hydrogens is 194 g/mol. The summed E-state index contributed by atoms with van der Waals surface area (Å²) in [5, 5.41) is 8.81. The van der Waals surface area contributed by atoms with E-state index in [1.807, 2.05) is 6.92 Å². The van der Waals surface area contributed by atoms with Crippen LogP contribution in [0.5, 0.6) is 0 Å². The van der Waals surface area contributed by atoms with E-state index in [0.717, 1.165) is 17.8 Å². The highest BCUT2D eigenvalue weighted by Crippen LogP contribution is 2.24. The zero-order valence-electron chi connectivity index (χ0n) is 8.55. The minimum absolute atomic E-state index is 0.154. The first kappa shape index (κ1) is 9.89. The van der Waals surface area contributed by atoms with Gasteiger partial charge in [0.2, 0.25) is 0 Å². The van der Waals surface area contributed by atoms with Crippen LogP contribution in [-0.4, -0.2) is 39.2 Å². The number of rotatable bonds is 1. The Kier molecular flexibility index (Phi) is 2.53. The second-order valence-corrected chi connectivity index (χ2v) is 3.83. The molecule has 1 aliphatic rings. The molecule has 0 bridgehead atoms. The highest BCUT2D eigenvalue weighted by Gasteiger charge is 2.28. The average molecular weight is 207 g/mol. The molecule has 2 heterocycles. The number of hydrogen-bond acceptors (Lipinski definition) is 3. The lowest BCUT2D eigenvalue weighted by Crippen LogP contribution is -2.26. The SMILES string of the molecule is Cc1cnc(C2CCN(C(=O)O)C2)nc1. The molecular formula is C10H13N3O2. The molecule has 0 aliphatic carbocycles. The number of carbonyl (C=O) groups is 1. The van der Waals surface area contributed by atoms with Gasteiger partial charge in [-0.1, -0.05) is 0 Å². The van der Waals surface area contributed by atoms with E-state index in [-0.39, 0.29) is 5.92 Å². The monoisotopic (exact) mass is 207 g/mol. The molecule has 1 aromatic rings. The highest BCUT2D eigenvalue weighted by atomic mass is 16.4.